The van der Waals surface area contributed by atoms with Gasteiger partial charge in [0.05, 0.1) is 6.04 Å². The Kier molecular flexibility index (Phi) is 11.6. The third-order valence-electron chi connectivity index (χ3n) is 2.83. The summed E-state index contributed by atoms with van der Waals surface area (Å²) in [5.41, 5.74) is 0. The zero-order valence-electron chi connectivity index (χ0n) is 12.6. The highest BCUT2D eigenvalue weighted by Crippen LogP contribution is 1.96. The van der Waals surface area contributed by atoms with Gasteiger partial charge in [-0.15, -0.1) is 0 Å². The van der Waals surface area contributed by atoms with E-state index >= 15 is 0 Å². The van der Waals surface area contributed by atoms with Gasteiger partial charge in [0.15, 0.2) is 0 Å². The van der Waals surface area contributed by atoms with Gasteiger partial charge in [0.2, 0.25) is 17.7 Å². The molecule has 3 atom stereocenters. The lowest BCUT2D eigenvalue weighted by atomic mass is 10.2. The highest BCUT2D eigenvalue weighted by Gasteiger charge is 2.26. The predicted molar refractivity (Wildman–Crippen MR) is 97.0 cm³/mol. The van der Waals surface area contributed by atoms with E-state index in [0.717, 1.165) is 0 Å². The van der Waals surface area contributed by atoms with E-state index in [1.54, 1.807) is 0 Å². The summed E-state index contributed by atoms with van der Waals surface area (Å²) in [4.78, 5) is 35.7. The molecule has 22 heavy (non-hydrogen) atoms. The van der Waals surface area contributed by atoms with Gasteiger partial charge in [0.1, 0.15) is 12.1 Å². The molecule has 7 nitrogen and oxygen atoms in total. The van der Waals surface area contributed by atoms with E-state index in [1.165, 1.54) is 7.05 Å². The smallest absolute Gasteiger partial charge is 0.244 e. The van der Waals surface area contributed by atoms with Crippen LogP contribution in [0, 0.1) is 0 Å². The van der Waals surface area contributed by atoms with Crippen LogP contribution in [0.5, 0.6) is 0 Å². The van der Waals surface area contributed by atoms with Crippen molar-refractivity contribution in [1.29, 1.82) is 0 Å². The van der Waals surface area contributed by atoms with E-state index in [-0.39, 0.29) is 23.3 Å². The van der Waals surface area contributed by atoms with Crippen LogP contribution in [0.4, 0.5) is 0 Å². The normalized spacial score (nSPS) is 14.6. The zero-order chi connectivity index (χ0) is 17.1. The molecule has 0 heterocycles. The van der Waals surface area contributed by atoms with Gasteiger partial charge >= 0.3 is 0 Å². The largest absolute Gasteiger partial charge is 0.357 e. The van der Waals surface area contributed by atoms with Crippen LogP contribution in [-0.2, 0) is 14.4 Å². The second-order valence-electron chi connectivity index (χ2n) is 4.39. The van der Waals surface area contributed by atoms with Gasteiger partial charge in [-0.3, -0.25) is 14.4 Å². The fourth-order valence-corrected chi connectivity index (χ4v) is 2.40. The molecule has 0 aromatic heterocycles. The van der Waals surface area contributed by atoms with Crippen LogP contribution in [0.2, 0.25) is 0 Å². The molecule has 0 saturated carbocycles. The highest BCUT2D eigenvalue weighted by atomic mass is 32.1. The number of nitrogens with one attached hydrogen (secondary N) is 4. The number of amides is 3. The van der Waals surface area contributed by atoms with Crippen molar-refractivity contribution in [3.63, 3.8) is 0 Å². The Hall–Kier alpha value is -0.580. The molecule has 10 heteroatoms. The van der Waals surface area contributed by atoms with Crippen molar-refractivity contribution in [2.75, 3.05) is 30.9 Å². The maximum Gasteiger partial charge on any atom is 0.244 e. The molecule has 0 unspecified atom stereocenters. The van der Waals surface area contributed by atoms with Crippen molar-refractivity contribution < 1.29 is 14.4 Å². The summed E-state index contributed by atoms with van der Waals surface area (Å²) in [6.07, 6.45) is 0. The van der Waals surface area contributed by atoms with E-state index < -0.39 is 24.0 Å². The molecule has 0 aliphatic rings. The first-order valence-corrected chi connectivity index (χ1v) is 8.73. The summed E-state index contributed by atoms with van der Waals surface area (Å²) >= 11 is 12.2. The third-order valence-corrected chi connectivity index (χ3v) is 3.92. The number of carbonyl (C=O) groups excluding carboxylic acids is 3. The molecule has 0 bridgehead atoms. The molecule has 0 aliphatic carbocycles. The summed E-state index contributed by atoms with van der Waals surface area (Å²) in [6, 6.07) is -2.11. The van der Waals surface area contributed by atoms with Crippen molar-refractivity contribution >= 4 is 55.6 Å². The van der Waals surface area contributed by atoms with Gasteiger partial charge in [-0.1, -0.05) is 6.92 Å². The lowest BCUT2D eigenvalue weighted by Gasteiger charge is -2.22. The first-order chi connectivity index (χ1) is 10.4. The average molecular weight is 369 g/mol. The van der Waals surface area contributed by atoms with Crippen LogP contribution < -0.4 is 21.3 Å². The Balaban J connectivity index is 4.71. The lowest BCUT2D eigenvalue weighted by molar-refractivity contribution is -0.131. The zero-order valence-corrected chi connectivity index (χ0v) is 15.3. The Labute approximate surface area is 147 Å². The second-order valence-corrected chi connectivity index (χ2v) is 5.49. The first kappa shape index (κ1) is 21.4. The summed E-state index contributed by atoms with van der Waals surface area (Å²) in [7, 11) is 1.47. The van der Waals surface area contributed by atoms with Crippen molar-refractivity contribution in [2.45, 2.75) is 25.0 Å². The van der Waals surface area contributed by atoms with Crippen LogP contribution >= 0.6 is 37.9 Å². The number of rotatable bonds is 10. The molecule has 128 valence electrons. The number of likely N-dealkylation sites (N-methyl/N-ethyl adjacent to an activating group) is 2. The van der Waals surface area contributed by atoms with E-state index in [0.29, 0.717) is 12.3 Å². The topological polar surface area (TPSA) is 99.3 Å². The lowest BCUT2D eigenvalue weighted by Crippen LogP contribution is -2.57. The van der Waals surface area contributed by atoms with Gasteiger partial charge in [-0.05, 0) is 6.54 Å². The monoisotopic (exact) mass is 368 g/mol. The Bertz CT molecular complexity index is 385. The molecule has 0 aromatic carbocycles. The summed E-state index contributed by atoms with van der Waals surface area (Å²) in [5.74, 6) is -0.619. The van der Waals surface area contributed by atoms with E-state index in [9.17, 15) is 14.4 Å². The fraction of sp³-hybridized carbons (Fsp3) is 0.750. The van der Waals surface area contributed by atoms with Crippen LogP contribution in [-0.4, -0.2) is 66.7 Å². The number of hydrogen-bond acceptors (Lipinski definition) is 7. The molecule has 3 amide bonds. The molecular weight excluding hydrogens is 344 g/mol. The van der Waals surface area contributed by atoms with Gasteiger partial charge in [-0.2, -0.15) is 37.9 Å². The third kappa shape index (κ3) is 7.12. The Morgan fingerprint density at radius 1 is 0.818 bits per heavy atom. The molecule has 0 radical (unpaired) electrons. The van der Waals surface area contributed by atoms with Gasteiger partial charge in [0, 0.05) is 24.3 Å². The minimum atomic E-state index is -0.844. The van der Waals surface area contributed by atoms with Gasteiger partial charge in [-0.25, -0.2) is 0 Å². The molecular formula is C12H24N4O3S3. The van der Waals surface area contributed by atoms with Crippen LogP contribution in [0.3, 0.4) is 0 Å². The minimum Gasteiger partial charge on any atom is -0.357 e. The molecule has 4 N–H and O–H groups in total. The average Bonchev–Trinajstić information content (AvgIpc) is 2.53. The summed E-state index contributed by atoms with van der Waals surface area (Å²) in [6.45, 7) is 2.47. The van der Waals surface area contributed by atoms with Gasteiger partial charge < -0.3 is 21.3 Å². The standard InChI is InChI=1S/C12H24N4O3S3/c1-3-14-7(4-20)11(18)16-9(6-22)12(19)15-8(5-21)10(17)13-2/h7-9,14,20-22H,3-6H2,1-2H3,(H,13,17)(H,15,19)(H,16,18)/t7-,8-,9-/m1/s1. The highest BCUT2D eigenvalue weighted by molar-refractivity contribution is 7.80. The summed E-state index contributed by atoms with van der Waals surface area (Å²) in [5, 5.41) is 10.5. The second kappa shape index (κ2) is 11.9. The van der Waals surface area contributed by atoms with E-state index in [2.05, 4.69) is 59.2 Å². The first-order valence-electron chi connectivity index (χ1n) is 6.83. The van der Waals surface area contributed by atoms with Crippen LogP contribution in [0.15, 0.2) is 0 Å². The predicted octanol–water partition coefficient (Wildman–Crippen LogP) is -1.53. The molecule has 0 aliphatic heterocycles. The fourth-order valence-electron chi connectivity index (χ4n) is 1.59. The Morgan fingerprint density at radius 2 is 1.23 bits per heavy atom. The molecule has 0 spiro atoms. The molecule has 0 aromatic rings. The number of hydrogen-bond donors (Lipinski definition) is 7. The number of thiol groups is 3. The summed E-state index contributed by atoms with van der Waals surface area (Å²) < 4.78 is 0. The van der Waals surface area contributed by atoms with Crippen LogP contribution in [0.1, 0.15) is 6.92 Å². The van der Waals surface area contributed by atoms with E-state index in [1.807, 2.05) is 6.92 Å². The van der Waals surface area contributed by atoms with Crippen LogP contribution in [0.25, 0.3) is 0 Å². The molecule has 0 saturated heterocycles. The Morgan fingerprint density at radius 3 is 1.59 bits per heavy atom. The minimum absolute atomic E-state index is 0.107. The number of carbonyl (C=O) groups is 3. The quantitative estimate of drug-likeness (QED) is 0.238. The molecule has 0 rings (SSSR count). The van der Waals surface area contributed by atoms with Crippen molar-refractivity contribution in [3.8, 4) is 0 Å². The SMILES string of the molecule is CCN[C@H](CS)C(=O)N[C@H](CS)C(=O)N[C@H](CS)C(=O)NC. The van der Waals surface area contributed by atoms with Gasteiger partial charge in [0.25, 0.3) is 0 Å². The van der Waals surface area contributed by atoms with Crippen molar-refractivity contribution in [3.05, 3.63) is 0 Å². The molecule has 0 fully saturated rings. The van der Waals surface area contributed by atoms with Crippen molar-refractivity contribution in [2.24, 2.45) is 0 Å². The maximum absolute atomic E-state index is 12.1. The van der Waals surface area contributed by atoms with Crippen molar-refractivity contribution in [1.82, 2.24) is 21.3 Å². The maximum atomic E-state index is 12.1. The van der Waals surface area contributed by atoms with E-state index in [4.69, 9.17) is 0 Å².